The van der Waals surface area contributed by atoms with E-state index in [4.69, 9.17) is 11.6 Å². The van der Waals surface area contributed by atoms with Crippen LogP contribution in [0.3, 0.4) is 0 Å². The van der Waals surface area contributed by atoms with Crippen LogP contribution in [0.15, 0.2) is 71.8 Å². The Balaban J connectivity index is 1.86. The first kappa shape index (κ1) is 19.4. The number of hydrogen-bond donors (Lipinski definition) is 0. The van der Waals surface area contributed by atoms with Crippen molar-refractivity contribution >= 4 is 33.0 Å². The van der Waals surface area contributed by atoms with Crippen LogP contribution in [0.2, 0.25) is 5.02 Å². The van der Waals surface area contributed by atoms with Crippen LogP contribution in [0.1, 0.15) is 11.4 Å². The highest BCUT2D eigenvalue weighted by Crippen LogP contribution is 2.29. The van der Waals surface area contributed by atoms with Crippen molar-refractivity contribution in [1.82, 2.24) is 14.6 Å². The zero-order chi connectivity index (χ0) is 20.6. The van der Waals surface area contributed by atoms with E-state index in [-0.39, 0.29) is 17.0 Å². The lowest BCUT2D eigenvalue weighted by Gasteiger charge is -2.25. The second-order valence-corrected chi connectivity index (χ2v) is 8.72. The predicted octanol–water partition coefficient (Wildman–Crippen LogP) is 4.23. The Hall–Kier alpha value is -2.97. The van der Waals surface area contributed by atoms with Gasteiger partial charge in [-0.25, -0.2) is 12.8 Å². The Morgan fingerprint density at radius 2 is 1.86 bits per heavy atom. The van der Waals surface area contributed by atoms with Crippen LogP contribution in [-0.4, -0.2) is 23.0 Å². The summed E-state index contributed by atoms with van der Waals surface area (Å²) in [5, 5.41) is 8.30. The van der Waals surface area contributed by atoms with E-state index in [1.54, 1.807) is 53.8 Å². The van der Waals surface area contributed by atoms with Gasteiger partial charge in [-0.15, -0.1) is 10.2 Å². The Morgan fingerprint density at radius 3 is 2.62 bits per heavy atom. The van der Waals surface area contributed by atoms with Gasteiger partial charge in [-0.1, -0.05) is 35.9 Å². The third-order valence-corrected chi connectivity index (χ3v) is 6.49. The summed E-state index contributed by atoms with van der Waals surface area (Å²) in [7, 11) is -4.04. The lowest BCUT2D eigenvalue weighted by atomic mass is 10.2. The predicted molar refractivity (Wildman–Crippen MR) is 109 cm³/mol. The first-order chi connectivity index (χ1) is 13.9. The van der Waals surface area contributed by atoms with Crippen LogP contribution in [-0.2, 0) is 16.6 Å². The first-order valence-electron chi connectivity index (χ1n) is 8.69. The molecule has 0 bridgehead atoms. The molecule has 0 amide bonds. The number of fused-ring (bicyclic) bond motifs is 1. The van der Waals surface area contributed by atoms with Gasteiger partial charge in [-0.05, 0) is 43.3 Å². The molecule has 0 radical (unpaired) electrons. The van der Waals surface area contributed by atoms with Gasteiger partial charge in [-0.3, -0.25) is 8.71 Å². The fraction of sp³-hybridized carbons (Fsp3) is 0.100. The van der Waals surface area contributed by atoms with Gasteiger partial charge in [0.05, 0.1) is 12.2 Å². The van der Waals surface area contributed by atoms with Crippen molar-refractivity contribution in [3.05, 3.63) is 89.1 Å². The highest BCUT2D eigenvalue weighted by Gasteiger charge is 2.27. The summed E-state index contributed by atoms with van der Waals surface area (Å²) in [5.41, 5.74) is 1.11. The first-order valence-corrected chi connectivity index (χ1v) is 10.5. The number of hydrogen-bond acceptors (Lipinski definition) is 4. The summed E-state index contributed by atoms with van der Waals surface area (Å²) in [6, 6.07) is 15.5. The zero-order valence-corrected chi connectivity index (χ0v) is 16.9. The van der Waals surface area contributed by atoms with E-state index >= 15 is 0 Å². The number of rotatable bonds is 5. The van der Waals surface area contributed by atoms with Crippen molar-refractivity contribution in [3.8, 4) is 0 Å². The molecular weight excluding hydrogens is 415 g/mol. The topological polar surface area (TPSA) is 67.6 Å². The van der Waals surface area contributed by atoms with Gasteiger partial charge in [0.2, 0.25) is 0 Å². The maximum atomic E-state index is 14.3. The molecule has 0 N–H and O–H groups in total. The summed E-state index contributed by atoms with van der Waals surface area (Å²) < 4.78 is 44.1. The lowest BCUT2D eigenvalue weighted by molar-refractivity contribution is 0.585. The van der Waals surface area contributed by atoms with Crippen LogP contribution in [0.4, 0.5) is 10.1 Å². The largest absolute Gasteiger partial charge is 0.285 e. The van der Waals surface area contributed by atoms with E-state index in [2.05, 4.69) is 10.2 Å². The van der Waals surface area contributed by atoms with Crippen molar-refractivity contribution in [2.75, 3.05) is 4.31 Å². The Bertz CT molecular complexity index is 1310. The quantitative estimate of drug-likeness (QED) is 0.475. The number of nitrogens with zero attached hydrogens (tertiary/aromatic N) is 4. The van der Waals surface area contributed by atoms with E-state index in [1.807, 2.05) is 0 Å². The lowest BCUT2D eigenvalue weighted by Crippen LogP contribution is -2.31. The zero-order valence-electron chi connectivity index (χ0n) is 15.3. The molecule has 9 heteroatoms. The molecule has 0 aliphatic heterocycles. The van der Waals surface area contributed by atoms with Gasteiger partial charge < -0.3 is 0 Å². The summed E-state index contributed by atoms with van der Waals surface area (Å²) in [4.78, 5) is 0.0317. The second kappa shape index (κ2) is 7.46. The van der Waals surface area contributed by atoms with Gasteiger partial charge >= 0.3 is 0 Å². The van der Waals surface area contributed by atoms with Crippen molar-refractivity contribution in [2.45, 2.75) is 18.4 Å². The Kier molecular flexibility index (Phi) is 4.97. The molecule has 2 aromatic heterocycles. The smallest absolute Gasteiger partial charge is 0.266 e. The highest BCUT2D eigenvalue weighted by molar-refractivity contribution is 7.92. The monoisotopic (exact) mass is 430 g/mol. The van der Waals surface area contributed by atoms with E-state index in [0.717, 1.165) is 4.31 Å². The SMILES string of the molecule is Cc1nnc2ccc(S(=O)(=O)N(Cc3ccccc3F)c3cccc(Cl)c3)cn12. The van der Waals surface area contributed by atoms with Crippen LogP contribution < -0.4 is 4.31 Å². The average Bonchev–Trinajstić information content (AvgIpc) is 3.07. The minimum absolute atomic E-state index is 0.0317. The molecule has 0 aliphatic rings. The van der Waals surface area contributed by atoms with Gasteiger partial charge in [0.1, 0.15) is 16.5 Å². The minimum atomic E-state index is -4.04. The normalized spacial score (nSPS) is 11.7. The van der Waals surface area contributed by atoms with Gasteiger partial charge in [0.25, 0.3) is 10.0 Å². The number of halogens is 2. The molecule has 2 heterocycles. The van der Waals surface area contributed by atoms with Crippen molar-refractivity contribution in [1.29, 1.82) is 0 Å². The molecule has 0 saturated heterocycles. The molecule has 0 fully saturated rings. The third-order valence-electron chi connectivity index (χ3n) is 4.50. The molecule has 29 heavy (non-hydrogen) atoms. The van der Waals surface area contributed by atoms with Crippen LogP contribution in [0.5, 0.6) is 0 Å². The second-order valence-electron chi connectivity index (χ2n) is 6.42. The fourth-order valence-electron chi connectivity index (χ4n) is 2.99. The molecule has 4 aromatic rings. The summed E-state index contributed by atoms with van der Waals surface area (Å²) in [6.07, 6.45) is 1.46. The van der Waals surface area contributed by atoms with E-state index in [0.29, 0.717) is 22.2 Å². The van der Waals surface area contributed by atoms with Crippen molar-refractivity contribution in [3.63, 3.8) is 0 Å². The fourth-order valence-corrected chi connectivity index (χ4v) is 4.61. The van der Waals surface area contributed by atoms with Gasteiger partial charge in [0.15, 0.2) is 5.65 Å². The van der Waals surface area contributed by atoms with Gasteiger partial charge in [-0.2, -0.15) is 0 Å². The number of pyridine rings is 1. The van der Waals surface area contributed by atoms with Gasteiger partial charge in [0, 0.05) is 16.8 Å². The number of sulfonamides is 1. The number of anilines is 1. The molecule has 0 aliphatic carbocycles. The number of aromatic nitrogens is 3. The van der Waals surface area contributed by atoms with Crippen molar-refractivity contribution in [2.24, 2.45) is 0 Å². The van der Waals surface area contributed by atoms with E-state index < -0.39 is 15.8 Å². The maximum absolute atomic E-state index is 14.3. The molecule has 4 rings (SSSR count). The van der Waals surface area contributed by atoms with Crippen LogP contribution >= 0.6 is 11.6 Å². The molecule has 2 aromatic carbocycles. The van der Waals surface area contributed by atoms with E-state index in [9.17, 15) is 12.8 Å². The molecule has 148 valence electrons. The Labute approximate surface area is 172 Å². The third kappa shape index (κ3) is 3.68. The summed E-state index contributed by atoms with van der Waals surface area (Å²) >= 11 is 6.09. The average molecular weight is 431 g/mol. The Morgan fingerprint density at radius 1 is 1.07 bits per heavy atom. The molecule has 0 saturated carbocycles. The van der Waals surface area contributed by atoms with Crippen LogP contribution in [0, 0.1) is 12.7 Å². The molecule has 6 nitrogen and oxygen atoms in total. The molecule has 0 spiro atoms. The number of benzene rings is 2. The molecular formula is C20H16ClFN4O2S. The standard InChI is InChI=1S/C20H16ClFN4O2S/c1-14-23-24-20-10-9-18(13-25(14)20)29(27,28)26(17-7-4-6-16(21)11-17)12-15-5-2-3-8-19(15)22/h2-11,13H,12H2,1H3. The van der Waals surface area contributed by atoms with Crippen LogP contribution in [0.25, 0.3) is 5.65 Å². The highest BCUT2D eigenvalue weighted by atomic mass is 35.5. The van der Waals surface area contributed by atoms with Crippen molar-refractivity contribution < 1.29 is 12.8 Å². The summed E-state index contributed by atoms with van der Waals surface area (Å²) in [5.74, 6) is 0.0697. The summed E-state index contributed by atoms with van der Waals surface area (Å²) in [6.45, 7) is 1.54. The molecule has 0 atom stereocenters. The molecule has 0 unspecified atom stereocenters. The number of aryl methyl sites for hydroxylation is 1. The van der Waals surface area contributed by atoms with E-state index in [1.165, 1.54) is 24.4 Å². The maximum Gasteiger partial charge on any atom is 0.266 e. The minimum Gasteiger partial charge on any atom is -0.285 e.